The van der Waals surface area contributed by atoms with E-state index in [0.29, 0.717) is 6.54 Å². The SMILES string of the molecule is Cc1ccccc1CN1CCN(CC(=O)c2cccs2)CC1. The van der Waals surface area contributed by atoms with Crippen LogP contribution in [0.1, 0.15) is 20.8 Å². The zero-order chi connectivity index (χ0) is 15.4. The minimum absolute atomic E-state index is 0.252. The van der Waals surface area contributed by atoms with E-state index in [1.807, 2.05) is 17.5 Å². The van der Waals surface area contributed by atoms with Crippen LogP contribution in [0.4, 0.5) is 0 Å². The van der Waals surface area contributed by atoms with Crippen molar-refractivity contribution in [3.63, 3.8) is 0 Å². The first kappa shape index (κ1) is 15.4. The summed E-state index contributed by atoms with van der Waals surface area (Å²) in [5.74, 6) is 0.252. The fourth-order valence-corrected chi connectivity index (χ4v) is 3.51. The van der Waals surface area contributed by atoms with Crippen LogP contribution < -0.4 is 0 Å². The van der Waals surface area contributed by atoms with Crippen LogP contribution >= 0.6 is 11.3 Å². The first-order valence-electron chi connectivity index (χ1n) is 7.78. The number of carbonyl (C=O) groups is 1. The summed E-state index contributed by atoms with van der Waals surface area (Å²) in [5.41, 5.74) is 2.77. The second-order valence-corrected chi connectivity index (χ2v) is 6.83. The fourth-order valence-electron chi connectivity index (χ4n) is 2.85. The average Bonchev–Trinajstić information content (AvgIpc) is 3.06. The zero-order valence-corrected chi connectivity index (χ0v) is 13.8. The van der Waals surface area contributed by atoms with Crippen molar-refractivity contribution in [3.8, 4) is 0 Å². The molecule has 0 aliphatic carbocycles. The second kappa shape index (κ2) is 7.18. The largest absolute Gasteiger partial charge is 0.297 e. The van der Waals surface area contributed by atoms with E-state index in [4.69, 9.17) is 0 Å². The summed E-state index contributed by atoms with van der Waals surface area (Å²) < 4.78 is 0. The summed E-state index contributed by atoms with van der Waals surface area (Å²) in [4.78, 5) is 17.8. The Morgan fingerprint density at radius 3 is 2.45 bits per heavy atom. The third kappa shape index (κ3) is 3.83. The van der Waals surface area contributed by atoms with Crippen molar-refractivity contribution in [1.82, 2.24) is 9.80 Å². The van der Waals surface area contributed by atoms with Crippen molar-refractivity contribution >= 4 is 17.1 Å². The van der Waals surface area contributed by atoms with Crippen molar-refractivity contribution in [2.45, 2.75) is 13.5 Å². The van der Waals surface area contributed by atoms with Crippen LogP contribution in [0, 0.1) is 6.92 Å². The van der Waals surface area contributed by atoms with Gasteiger partial charge in [-0.05, 0) is 29.5 Å². The van der Waals surface area contributed by atoms with Crippen LogP contribution in [0.3, 0.4) is 0 Å². The molecule has 1 aliphatic heterocycles. The molecule has 0 N–H and O–H groups in total. The number of hydrogen-bond donors (Lipinski definition) is 0. The van der Waals surface area contributed by atoms with E-state index in [-0.39, 0.29) is 5.78 Å². The number of thiophene rings is 1. The standard InChI is InChI=1S/C18H22N2OS/c1-15-5-2-3-6-16(15)13-19-8-10-20(11-9-19)14-17(21)18-7-4-12-22-18/h2-7,12H,8-11,13-14H2,1H3. The lowest BCUT2D eigenvalue weighted by Crippen LogP contribution is -2.47. The molecule has 116 valence electrons. The van der Waals surface area contributed by atoms with Crippen molar-refractivity contribution in [2.75, 3.05) is 32.7 Å². The molecule has 1 aromatic carbocycles. The average molecular weight is 314 g/mol. The molecule has 4 heteroatoms. The Morgan fingerprint density at radius 1 is 1.05 bits per heavy atom. The van der Waals surface area contributed by atoms with Crippen LogP contribution in [0.15, 0.2) is 41.8 Å². The van der Waals surface area contributed by atoms with Crippen LogP contribution in [-0.4, -0.2) is 48.3 Å². The van der Waals surface area contributed by atoms with Crippen molar-refractivity contribution in [2.24, 2.45) is 0 Å². The minimum atomic E-state index is 0.252. The summed E-state index contributed by atoms with van der Waals surface area (Å²) in [5, 5.41) is 1.97. The third-order valence-electron chi connectivity index (χ3n) is 4.28. The molecule has 0 amide bonds. The minimum Gasteiger partial charge on any atom is -0.297 e. The summed E-state index contributed by atoms with van der Waals surface area (Å²) in [6.07, 6.45) is 0. The molecule has 0 saturated carbocycles. The predicted octanol–water partition coefficient (Wildman–Crippen LogP) is 3.06. The smallest absolute Gasteiger partial charge is 0.186 e. The number of Topliss-reactive ketones (excluding diaryl/α,β-unsaturated/α-hetero) is 1. The Morgan fingerprint density at radius 2 is 1.77 bits per heavy atom. The van der Waals surface area contributed by atoms with Gasteiger partial charge in [0.25, 0.3) is 0 Å². The number of rotatable bonds is 5. The Balaban J connectivity index is 1.48. The van der Waals surface area contributed by atoms with Gasteiger partial charge >= 0.3 is 0 Å². The quantitative estimate of drug-likeness (QED) is 0.793. The highest BCUT2D eigenvalue weighted by Crippen LogP contribution is 2.14. The van der Waals surface area contributed by atoms with Gasteiger partial charge in [-0.25, -0.2) is 0 Å². The van der Waals surface area contributed by atoms with Crippen LogP contribution in [0.5, 0.6) is 0 Å². The molecule has 1 saturated heterocycles. The molecule has 3 nitrogen and oxygen atoms in total. The Labute approximate surface area is 136 Å². The molecule has 0 unspecified atom stereocenters. The Hall–Kier alpha value is -1.49. The lowest BCUT2D eigenvalue weighted by Gasteiger charge is -2.34. The zero-order valence-electron chi connectivity index (χ0n) is 13.0. The van der Waals surface area contributed by atoms with Gasteiger partial charge < -0.3 is 0 Å². The van der Waals surface area contributed by atoms with Gasteiger partial charge in [0.2, 0.25) is 0 Å². The molecule has 2 aromatic rings. The van der Waals surface area contributed by atoms with E-state index in [1.54, 1.807) is 0 Å². The number of ketones is 1. The summed E-state index contributed by atoms with van der Waals surface area (Å²) in [6, 6.07) is 12.4. The van der Waals surface area contributed by atoms with Crippen LogP contribution in [0.25, 0.3) is 0 Å². The molecule has 0 bridgehead atoms. The maximum atomic E-state index is 12.1. The van der Waals surface area contributed by atoms with E-state index >= 15 is 0 Å². The number of piperazine rings is 1. The Bertz CT molecular complexity index is 616. The molecular weight excluding hydrogens is 292 g/mol. The third-order valence-corrected chi connectivity index (χ3v) is 5.19. The predicted molar refractivity (Wildman–Crippen MR) is 91.5 cm³/mol. The molecule has 1 aliphatic rings. The van der Waals surface area contributed by atoms with Crippen molar-refractivity contribution in [3.05, 3.63) is 57.8 Å². The lowest BCUT2D eigenvalue weighted by atomic mass is 10.1. The number of carbonyl (C=O) groups excluding carboxylic acids is 1. The van der Waals surface area contributed by atoms with Crippen molar-refractivity contribution < 1.29 is 4.79 Å². The molecule has 0 atom stereocenters. The molecule has 3 rings (SSSR count). The molecule has 22 heavy (non-hydrogen) atoms. The maximum Gasteiger partial charge on any atom is 0.186 e. The summed E-state index contributed by atoms with van der Waals surface area (Å²) >= 11 is 1.54. The van der Waals surface area contributed by atoms with Gasteiger partial charge in [-0.15, -0.1) is 11.3 Å². The molecule has 1 fully saturated rings. The van der Waals surface area contributed by atoms with Crippen LogP contribution in [-0.2, 0) is 6.54 Å². The van der Waals surface area contributed by atoms with E-state index in [0.717, 1.165) is 37.6 Å². The highest BCUT2D eigenvalue weighted by atomic mass is 32.1. The highest BCUT2D eigenvalue weighted by molar-refractivity contribution is 7.12. The molecule has 0 radical (unpaired) electrons. The normalized spacial score (nSPS) is 16.8. The summed E-state index contributed by atoms with van der Waals surface area (Å²) in [6.45, 7) is 7.76. The van der Waals surface area contributed by atoms with Gasteiger partial charge in [0, 0.05) is 32.7 Å². The topological polar surface area (TPSA) is 23.6 Å². The first-order valence-corrected chi connectivity index (χ1v) is 8.66. The lowest BCUT2D eigenvalue weighted by molar-refractivity contribution is 0.0847. The fraction of sp³-hybridized carbons (Fsp3) is 0.389. The van der Waals surface area contributed by atoms with E-state index < -0.39 is 0 Å². The second-order valence-electron chi connectivity index (χ2n) is 5.88. The molecular formula is C18H22N2OS. The first-order chi connectivity index (χ1) is 10.7. The monoisotopic (exact) mass is 314 g/mol. The van der Waals surface area contributed by atoms with E-state index in [1.165, 1.54) is 22.5 Å². The van der Waals surface area contributed by atoms with Gasteiger partial charge in [-0.1, -0.05) is 30.3 Å². The van der Waals surface area contributed by atoms with E-state index in [9.17, 15) is 4.79 Å². The number of nitrogens with zero attached hydrogens (tertiary/aromatic N) is 2. The maximum absolute atomic E-state index is 12.1. The van der Waals surface area contributed by atoms with Crippen LogP contribution in [0.2, 0.25) is 0 Å². The molecule has 0 spiro atoms. The van der Waals surface area contributed by atoms with Gasteiger partial charge in [0.1, 0.15) is 0 Å². The number of aryl methyl sites for hydroxylation is 1. The van der Waals surface area contributed by atoms with Gasteiger partial charge in [0.15, 0.2) is 5.78 Å². The van der Waals surface area contributed by atoms with Gasteiger partial charge in [-0.3, -0.25) is 14.6 Å². The number of benzene rings is 1. The van der Waals surface area contributed by atoms with E-state index in [2.05, 4.69) is 41.0 Å². The Kier molecular flexibility index (Phi) is 5.03. The summed E-state index contributed by atoms with van der Waals surface area (Å²) in [7, 11) is 0. The van der Waals surface area contributed by atoms with Gasteiger partial charge in [-0.2, -0.15) is 0 Å². The number of hydrogen-bond acceptors (Lipinski definition) is 4. The highest BCUT2D eigenvalue weighted by Gasteiger charge is 2.20. The van der Waals surface area contributed by atoms with Crippen molar-refractivity contribution in [1.29, 1.82) is 0 Å². The molecule has 1 aromatic heterocycles. The van der Waals surface area contributed by atoms with Gasteiger partial charge in [0.05, 0.1) is 11.4 Å². The molecule has 2 heterocycles.